The molecule has 1 aromatic rings. The first kappa shape index (κ1) is 11.2. The molecule has 0 saturated carbocycles. The Bertz CT molecular complexity index is 434. The highest BCUT2D eigenvalue weighted by Gasteiger charge is 2.23. The molecule has 0 spiro atoms. The third-order valence-electron chi connectivity index (χ3n) is 1.67. The van der Waals surface area contributed by atoms with Crippen LogP contribution in [0.1, 0.15) is 0 Å². The summed E-state index contributed by atoms with van der Waals surface area (Å²) in [7, 11) is 1.24. The highest BCUT2D eigenvalue weighted by Crippen LogP contribution is 2.35. The summed E-state index contributed by atoms with van der Waals surface area (Å²) in [6.07, 6.45) is 0. The molecule has 1 aromatic carbocycles. The van der Waals surface area contributed by atoms with Crippen molar-refractivity contribution in [2.75, 3.05) is 7.11 Å². The normalized spacial score (nSPS) is 9.73. The summed E-state index contributed by atoms with van der Waals surface area (Å²) in [5.41, 5.74) is -0.882. The molecular formula is C7H6N2O5S. The lowest BCUT2D eigenvalue weighted by atomic mass is 10.2. The van der Waals surface area contributed by atoms with Gasteiger partial charge < -0.3 is 4.74 Å². The maximum Gasteiger partial charge on any atom is 0.317 e. The van der Waals surface area contributed by atoms with Gasteiger partial charge in [0.25, 0.3) is 5.69 Å². The molecule has 0 aliphatic heterocycles. The maximum atomic E-state index is 10.5. The molecule has 0 fully saturated rings. The Morgan fingerprint density at radius 3 is 2.13 bits per heavy atom. The first-order valence-corrected chi connectivity index (χ1v) is 4.12. The summed E-state index contributed by atoms with van der Waals surface area (Å²) in [6, 6.07) is 1.96. The van der Waals surface area contributed by atoms with Crippen LogP contribution < -0.4 is 4.74 Å². The van der Waals surface area contributed by atoms with E-state index in [0.717, 1.165) is 12.1 Å². The van der Waals surface area contributed by atoms with Gasteiger partial charge in [0, 0.05) is 6.07 Å². The van der Waals surface area contributed by atoms with Crippen LogP contribution in [0.4, 0.5) is 11.4 Å². The minimum Gasteiger partial charge on any atom is -0.490 e. The smallest absolute Gasteiger partial charge is 0.317 e. The van der Waals surface area contributed by atoms with Crippen molar-refractivity contribution in [3.63, 3.8) is 0 Å². The van der Waals surface area contributed by atoms with Crippen LogP contribution >= 0.6 is 12.6 Å². The topological polar surface area (TPSA) is 95.5 Å². The number of rotatable bonds is 3. The fourth-order valence-electron chi connectivity index (χ4n) is 0.999. The second-order valence-electron chi connectivity index (χ2n) is 2.53. The van der Waals surface area contributed by atoms with E-state index in [-0.39, 0.29) is 10.6 Å². The number of nitrogens with zero attached hydrogens (tertiary/aromatic N) is 2. The Morgan fingerprint density at radius 2 is 1.73 bits per heavy atom. The van der Waals surface area contributed by atoms with Gasteiger partial charge in [-0.3, -0.25) is 20.2 Å². The molecule has 0 bridgehead atoms. The Kier molecular flexibility index (Phi) is 3.10. The number of hydrogen-bond donors (Lipinski definition) is 1. The van der Waals surface area contributed by atoms with Crippen LogP contribution in [0, 0.1) is 20.2 Å². The molecule has 0 aliphatic rings. The van der Waals surface area contributed by atoms with Crippen LogP contribution in [-0.4, -0.2) is 17.0 Å². The lowest BCUT2D eigenvalue weighted by molar-refractivity contribution is -0.396. The van der Waals surface area contributed by atoms with Crippen molar-refractivity contribution in [3.8, 4) is 5.75 Å². The predicted octanol–water partition coefficient (Wildman–Crippen LogP) is 1.80. The summed E-state index contributed by atoms with van der Waals surface area (Å²) in [5, 5.41) is 21.0. The van der Waals surface area contributed by atoms with Crippen LogP contribution in [0.15, 0.2) is 17.0 Å². The van der Waals surface area contributed by atoms with Crippen molar-refractivity contribution in [1.82, 2.24) is 0 Å². The second-order valence-corrected chi connectivity index (χ2v) is 3.01. The largest absolute Gasteiger partial charge is 0.490 e. The Hall–Kier alpha value is -1.83. The van der Waals surface area contributed by atoms with E-state index in [1.165, 1.54) is 7.11 Å². The van der Waals surface area contributed by atoms with Crippen LogP contribution in [0.25, 0.3) is 0 Å². The molecule has 0 amide bonds. The molecule has 0 radical (unpaired) electrons. The quantitative estimate of drug-likeness (QED) is 0.485. The van der Waals surface area contributed by atoms with E-state index in [2.05, 4.69) is 12.6 Å². The Balaban J connectivity index is 3.43. The molecule has 0 saturated heterocycles. The van der Waals surface area contributed by atoms with Gasteiger partial charge in [0.2, 0.25) is 0 Å². The zero-order chi connectivity index (χ0) is 11.6. The fraction of sp³-hybridized carbons (Fsp3) is 0.143. The minimum atomic E-state index is -0.751. The predicted molar refractivity (Wildman–Crippen MR) is 53.6 cm³/mol. The minimum absolute atomic E-state index is 0.0162. The summed E-state index contributed by atoms with van der Waals surface area (Å²) in [6.45, 7) is 0. The molecule has 15 heavy (non-hydrogen) atoms. The number of methoxy groups -OCH3 is 1. The van der Waals surface area contributed by atoms with Crippen LogP contribution in [0.3, 0.4) is 0 Å². The van der Waals surface area contributed by atoms with E-state index in [1.54, 1.807) is 0 Å². The first-order valence-electron chi connectivity index (χ1n) is 3.67. The zero-order valence-corrected chi connectivity index (χ0v) is 8.43. The molecule has 0 heterocycles. The van der Waals surface area contributed by atoms with Crippen molar-refractivity contribution >= 4 is 24.0 Å². The van der Waals surface area contributed by atoms with Crippen LogP contribution in [-0.2, 0) is 0 Å². The zero-order valence-electron chi connectivity index (χ0n) is 7.54. The van der Waals surface area contributed by atoms with Gasteiger partial charge in [0.15, 0.2) is 5.75 Å². The molecular weight excluding hydrogens is 224 g/mol. The highest BCUT2D eigenvalue weighted by molar-refractivity contribution is 7.80. The number of thiol groups is 1. The number of nitro groups is 2. The second kappa shape index (κ2) is 4.13. The summed E-state index contributed by atoms with van der Waals surface area (Å²) in [5.74, 6) is -0.0596. The number of benzene rings is 1. The van der Waals surface area contributed by atoms with Gasteiger partial charge in [0.05, 0.1) is 27.9 Å². The first-order chi connectivity index (χ1) is 6.97. The van der Waals surface area contributed by atoms with E-state index in [4.69, 9.17) is 4.74 Å². The summed E-state index contributed by atoms with van der Waals surface area (Å²) < 4.78 is 4.71. The molecule has 8 heteroatoms. The monoisotopic (exact) mass is 230 g/mol. The SMILES string of the molecule is COc1cc(S)c([N+](=O)[O-])cc1[N+](=O)[O-]. The number of ether oxygens (including phenoxy) is 1. The van der Waals surface area contributed by atoms with Crippen molar-refractivity contribution in [2.45, 2.75) is 4.90 Å². The van der Waals surface area contributed by atoms with Gasteiger partial charge in [-0.25, -0.2) is 0 Å². The number of nitro benzene ring substituents is 2. The third kappa shape index (κ3) is 2.15. The number of hydrogen-bond acceptors (Lipinski definition) is 6. The van der Waals surface area contributed by atoms with E-state index >= 15 is 0 Å². The van der Waals surface area contributed by atoms with E-state index in [9.17, 15) is 20.2 Å². The van der Waals surface area contributed by atoms with Gasteiger partial charge in [-0.1, -0.05) is 0 Å². The van der Waals surface area contributed by atoms with Crippen LogP contribution in [0.2, 0.25) is 0 Å². The van der Waals surface area contributed by atoms with Crippen molar-refractivity contribution in [2.24, 2.45) is 0 Å². The average Bonchev–Trinajstić information content (AvgIpc) is 2.16. The van der Waals surface area contributed by atoms with E-state index in [1.807, 2.05) is 0 Å². The lowest BCUT2D eigenvalue weighted by Gasteiger charge is -2.02. The maximum absolute atomic E-state index is 10.5. The molecule has 0 atom stereocenters. The van der Waals surface area contributed by atoms with Crippen molar-refractivity contribution < 1.29 is 14.6 Å². The molecule has 80 valence electrons. The lowest BCUT2D eigenvalue weighted by Crippen LogP contribution is -1.97. The molecule has 0 N–H and O–H groups in total. The van der Waals surface area contributed by atoms with Gasteiger partial charge >= 0.3 is 5.69 Å². The van der Waals surface area contributed by atoms with Gasteiger partial charge in [0.1, 0.15) is 0 Å². The average molecular weight is 230 g/mol. The van der Waals surface area contributed by atoms with Crippen molar-refractivity contribution in [3.05, 3.63) is 32.4 Å². The molecule has 1 rings (SSSR count). The van der Waals surface area contributed by atoms with Gasteiger partial charge in [-0.05, 0) is 0 Å². The molecule has 7 nitrogen and oxygen atoms in total. The molecule has 0 unspecified atom stereocenters. The standard InChI is InChI=1S/C7H6N2O5S/c1-14-6-3-7(15)5(9(12)13)2-4(6)8(10)11/h2-3,15H,1H3. The van der Waals surface area contributed by atoms with Gasteiger partial charge in [-0.15, -0.1) is 12.6 Å². The summed E-state index contributed by atoms with van der Waals surface area (Å²) in [4.78, 5) is 19.6. The highest BCUT2D eigenvalue weighted by atomic mass is 32.1. The van der Waals surface area contributed by atoms with Crippen LogP contribution in [0.5, 0.6) is 5.75 Å². The Labute approximate surface area is 89.4 Å². The summed E-state index contributed by atoms with van der Waals surface area (Å²) >= 11 is 3.83. The van der Waals surface area contributed by atoms with Crippen molar-refractivity contribution in [1.29, 1.82) is 0 Å². The third-order valence-corrected chi connectivity index (χ3v) is 2.03. The molecule has 0 aromatic heterocycles. The van der Waals surface area contributed by atoms with E-state index in [0.29, 0.717) is 0 Å². The fourth-order valence-corrected chi connectivity index (χ4v) is 1.26. The van der Waals surface area contributed by atoms with E-state index < -0.39 is 21.2 Å². The Morgan fingerprint density at radius 1 is 1.20 bits per heavy atom. The molecule has 0 aliphatic carbocycles. The van der Waals surface area contributed by atoms with Gasteiger partial charge in [-0.2, -0.15) is 0 Å².